The van der Waals surface area contributed by atoms with Crippen molar-refractivity contribution in [1.29, 1.82) is 0 Å². The molecular formula is C14H13N3S2. The lowest BCUT2D eigenvalue weighted by molar-refractivity contribution is 0.850. The predicted molar refractivity (Wildman–Crippen MR) is 81.7 cm³/mol. The van der Waals surface area contributed by atoms with Crippen LogP contribution in [0.2, 0.25) is 0 Å². The van der Waals surface area contributed by atoms with Crippen LogP contribution in [0.25, 0.3) is 10.6 Å². The number of thiazole rings is 2. The van der Waals surface area contributed by atoms with Crippen molar-refractivity contribution in [3.8, 4) is 10.6 Å². The monoisotopic (exact) mass is 287 g/mol. The second-order valence-electron chi connectivity index (χ2n) is 4.20. The summed E-state index contributed by atoms with van der Waals surface area (Å²) in [4.78, 5) is 8.67. The molecule has 0 bridgehead atoms. The number of hydrogen-bond donors (Lipinski definition) is 1. The summed E-state index contributed by atoms with van der Waals surface area (Å²) in [6.45, 7) is 2.12. The first-order valence-corrected chi connectivity index (χ1v) is 7.80. The molecule has 3 nitrogen and oxygen atoms in total. The molecule has 1 aromatic carbocycles. The second kappa shape index (κ2) is 5.50. The van der Waals surface area contributed by atoms with Crippen molar-refractivity contribution in [2.45, 2.75) is 13.0 Å². The number of aromatic nitrogens is 2. The summed E-state index contributed by atoms with van der Waals surface area (Å²) < 4.78 is 0. The van der Waals surface area contributed by atoms with Crippen molar-refractivity contribution in [2.75, 3.05) is 5.32 Å². The first-order chi connectivity index (χ1) is 9.33. The summed E-state index contributed by atoms with van der Waals surface area (Å²) in [7, 11) is 0. The van der Waals surface area contributed by atoms with Gasteiger partial charge in [-0.2, -0.15) is 0 Å². The molecule has 2 aromatic heterocycles. The molecule has 0 saturated heterocycles. The van der Waals surface area contributed by atoms with Gasteiger partial charge in [0, 0.05) is 28.2 Å². The Bertz CT molecular complexity index is 633. The molecule has 1 N–H and O–H groups in total. The summed E-state index contributed by atoms with van der Waals surface area (Å²) in [6.07, 6.45) is 1.83. The average molecular weight is 287 g/mol. The van der Waals surface area contributed by atoms with Crippen LogP contribution in [0.3, 0.4) is 0 Å². The SMILES string of the molecule is CC(Nc1cccc(-c2nccs2)c1)c1cscn1. The fourth-order valence-corrected chi connectivity index (χ4v) is 3.15. The molecule has 0 radical (unpaired) electrons. The van der Waals surface area contributed by atoms with E-state index < -0.39 is 0 Å². The van der Waals surface area contributed by atoms with Crippen LogP contribution in [-0.4, -0.2) is 9.97 Å². The van der Waals surface area contributed by atoms with E-state index in [0.717, 1.165) is 22.0 Å². The number of nitrogens with zero attached hydrogens (tertiary/aromatic N) is 2. The third-order valence-electron chi connectivity index (χ3n) is 2.82. The van der Waals surface area contributed by atoms with Gasteiger partial charge in [0.15, 0.2) is 0 Å². The minimum atomic E-state index is 0.206. The molecule has 0 aliphatic rings. The maximum absolute atomic E-state index is 4.34. The van der Waals surface area contributed by atoms with Crippen LogP contribution < -0.4 is 5.32 Å². The van der Waals surface area contributed by atoms with Crippen molar-refractivity contribution in [3.05, 3.63) is 52.4 Å². The Hall–Kier alpha value is -1.72. The summed E-state index contributed by atoms with van der Waals surface area (Å²) in [5, 5.41) is 8.58. The lowest BCUT2D eigenvalue weighted by Crippen LogP contribution is -2.06. The van der Waals surface area contributed by atoms with Gasteiger partial charge in [-0.1, -0.05) is 12.1 Å². The highest BCUT2D eigenvalue weighted by Gasteiger charge is 2.08. The summed E-state index contributed by atoms with van der Waals surface area (Å²) >= 11 is 3.27. The van der Waals surface area contributed by atoms with E-state index in [2.05, 4.69) is 45.8 Å². The van der Waals surface area contributed by atoms with Crippen LogP contribution in [0.15, 0.2) is 46.7 Å². The summed E-state index contributed by atoms with van der Waals surface area (Å²) in [5.74, 6) is 0. The van der Waals surface area contributed by atoms with Gasteiger partial charge in [-0.05, 0) is 19.1 Å². The van der Waals surface area contributed by atoms with E-state index in [9.17, 15) is 0 Å². The smallest absolute Gasteiger partial charge is 0.123 e. The third-order valence-corrected chi connectivity index (χ3v) is 4.25. The normalized spacial score (nSPS) is 12.3. The van der Waals surface area contributed by atoms with Crippen LogP contribution in [0.1, 0.15) is 18.7 Å². The number of rotatable bonds is 4. The Morgan fingerprint density at radius 1 is 1.26 bits per heavy atom. The molecule has 0 aliphatic heterocycles. The molecule has 96 valence electrons. The number of anilines is 1. The second-order valence-corrected chi connectivity index (χ2v) is 5.81. The Morgan fingerprint density at radius 3 is 2.95 bits per heavy atom. The molecular weight excluding hydrogens is 274 g/mol. The maximum Gasteiger partial charge on any atom is 0.123 e. The van der Waals surface area contributed by atoms with Crippen molar-refractivity contribution in [1.82, 2.24) is 9.97 Å². The van der Waals surface area contributed by atoms with Gasteiger partial charge in [-0.25, -0.2) is 9.97 Å². The van der Waals surface area contributed by atoms with Crippen LogP contribution in [0.4, 0.5) is 5.69 Å². The fourth-order valence-electron chi connectivity index (χ4n) is 1.87. The van der Waals surface area contributed by atoms with E-state index in [-0.39, 0.29) is 6.04 Å². The third kappa shape index (κ3) is 2.83. The number of benzene rings is 1. The fraction of sp³-hybridized carbons (Fsp3) is 0.143. The molecule has 0 saturated carbocycles. The van der Waals surface area contributed by atoms with Crippen LogP contribution >= 0.6 is 22.7 Å². The zero-order chi connectivity index (χ0) is 13.1. The zero-order valence-corrected chi connectivity index (χ0v) is 12.0. The molecule has 19 heavy (non-hydrogen) atoms. The standard InChI is InChI=1S/C14H13N3S2/c1-10(13-8-18-9-16-13)17-12-4-2-3-11(7-12)14-15-5-6-19-14/h2-10,17H,1H3. The van der Waals surface area contributed by atoms with Crippen molar-refractivity contribution in [2.24, 2.45) is 0 Å². The zero-order valence-electron chi connectivity index (χ0n) is 10.4. The molecule has 0 aliphatic carbocycles. The molecule has 0 fully saturated rings. The minimum Gasteiger partial charge on any atom is -0.377 e. The lowest BCUT2D eigenvalue weighted by atomic mass is 10.2. The Morgan fingerprint density at radius 2 is 2.21 bits per heavy atom. The van der Waals surface area contributed by atoms with Gasteiger partial charge in [-0.3, -0.25) is 0 Å². The van der Waals surface area contributed by atoms with Crippen LogP contribution in [-0.2, 0) is 0 Å². The van der Waals surface area contributed by atoms with Crippen molar-refractivity contribution < 1.29 is 0 Å². The largest absolute Gasteiger partial charge is 0.377 e. The Kier molecular flexibility index (Phi) is 3.57. The lowest BCUT2D eigenvalue weighted by Gasteiger charge is -2.13. The topological polar surface area (TPSA) is 37.8 Å². The van der Waals surface area contributed by atoms with Crippen molar-refractivity contribution in [3.63, 3.8) is 0 Å². The molecule has 3 aromatic rings. The first-order valence-electron chi connectivity index (χ1n) is 5.97. The molecule has 2 heterocycles. The van der Waals surface area contributed by atoms with Crippen molar-refractivity contribution >= 4 is 28.4 Å². The van der Waals surface area contributed by atoms with E-state index in [1.165, 1.54) is 0 Å². The Labute approximate surface area is 120 Å². The quantitative estimate of drug-likeness (QED) is 0.771. The maximum atomic E-state index is 4.34. The van der Waals surface area contributed by atoms with Gasteiger partial charge in [0.1, 0.15) is 5.01 Å². The molecule has 0 amide bonds. The van der Waals surface area contributed by atoms with E-state index >= 15 is 0 Å². The molecule has 0 spiro atoms. The van der Waals surface area contributed by atoms with Crippen LogP contribution in [0.5, 0.6) is 0 Å². The van der Waals surface area contributed by atoms with E-state index in [1.54, 1.807) is 22.7 Å². The Balaban J connectivity index is 1.80. The summed E-state index contributed by atoms with van der Waals surface area (Å²) in [5.41, 5.74) is 5.17. The highest BCUT2D eigenvalue weighted by Crippen LogP contribution is 2.26. The van der Waals surface area contributed by atoms with Gasteiger partial charge in [0.25, 0.3) is 0 Å². The number of hydrogen-bond acceptors (Lipinski definition) is 5. The van der Waals surface area contributed by atoms with Gasteiger partial charge < -0.3 is 5.32 Å². The van der Waals surface area contributed by atoms with Gasteiger partial charge in [-0.15, -0.1) is 22.7 Å². The van der Waals surface area contributed by atoms with E-state index in [1.807, 2.05) is 23.2 Å². The predicted octanol–water partition coefficient (Wildman–Crippen LogP) is 4.44. The molecule has 3 rings (SSSR count). The molecule has 1 unspecified atom stereocenters. The van der Waals surface area contributed by atoms with E-state index in [0.29, 0.717) is 0 Å². The average Bonchev–Trinajstić information content (AvgIpc) is 3.13. The molecule has 1 atom stereocenters. The number of nitrogens with one attached hydrogen (secondary N) is 1. The highest BCUT2D eigenvalue weighted by molar-refractivity contribution is 7.13. The summed E-state index contributed by atoms with van der Waals surface area (Å²) in [6, 6.07) is 8.53. The van der Waals surface area contributed by atoms with Gasteiger partial charge in [0.05, 0.1) is 17.2 Å². The van der Waals surface area contributed by atoms with E-state index in [4.69, 9.17) is 0 Å². The van der Waals surface area contributed by atoms with Gasteiger partial charge in [0.2, 0.25) is 0 Å². The highest BCUT2D eigenvalue weighted by atomic mass is 32.1. The minimum absolute atomic E-state index is 0.206. The molecule has 5 heteroatoms. The van der Waals surface area contributed by atoms with Gasteiger partial charge >= 0.3 is 0 Å². The first kappa shape index (κ1) is 12.3. The van der Waals surface area contributed by atoms with Crippen LogP contribution in [0, 0.1) is 0 Å².